The van der Waals surface area contributed by atoms with Crippen molar-refractivity contribution in [2.24, 2.45) is 17.4 Å². The number of carboxylic acid groups (broad SMARTS) is 2. The summed E-state index contributed by atoms with van der Waals surface area (Å²) in [5.41, 5.74) is 10.5. The van der Waals surface area contributed by atoms with Gasteiger partial charge < -0.3 is 32.3 Å². The van der Waals surface area contributed by atoms with E-state index in [0.717, 1.165) is 0 Å². The van der Waals surface area contributed by atoms with Crippen molar-refractivity contribution < 1.29 is 34.2 Å². The molecule has 0 radical (unpaired) electrons. The van der Waals surface area contributed by atoms with Crippen LogP contribution in [0, 0.1) is 5.92 Å². The molecule has 3 amide bonds. The van der Waals surface area contributed by atoms with Gasteiger partial charge in [0, 0.05) is 6.42 Å². The SMILES string of the molecule is CC(C)CC(NC(=O)C(CCC(N)=O)NC(=O)C(N)CC(=O)O)C(=O)O. The number of carboxylic acids is 2. The number of hydrogen-bond acceptors (Lipinski definition) is 6. The third kappa shape index (κ3) is 9.57. The minimum atomic E-state index is -1.40. The lowest BCUT2D eigenvalue weighted by Crippen LogP contribution is -2.55. The number of carbonyl (C=O) groups is 5. The van der Waals surface area contributed by atoms with Crippen LogP contribution in [0.1, 0.15) is 39.5 Å². The largest absolute Gasteiger partial charge is 0.481 e. The molecule has 0 aromatic carbocycles. The van der Waals surface area contributed by atoms with Crippen LogP contribution in [-0.4, -0.2) is 58.0 Å². The molecule has 0 aliphatic carbocycles. The first-order valence-corrected chi connectivity index (χ1v) is 8.03. The summed E-state index contributed by atoms with van der Waals surface area (Å²) in [5, 5.41) is 22.4. The van der Waals surface area contributed by atoms with Crippen molar-refractivity contribution in [3.8, 4) is 0 Å². The van der Waals surface area contributed by atoms with Gasteiger partial charge in [0.2, 0.25) is 17.7 Å². The highest BCUT2D eigenvalue weighted by molar-refractivity contribution is 5.93. The lowest BCUT2D eigenvalue weighted by atomic mass is 10.0. The summed E-state index contributed by atoms with van der Waals surface area (Å²) in [7, 11) is 0. The Morgan fingerprint density at radius 2 is 1.50 bits per heavy atom. The van der Waals surface area contributed by atoms with E-state index < -0.39 is 54.2 Å². The second kappa shape index (κ2) is 11.0. The van der Waals surface area contributed by atoms with Crippen LogP contribution >= 0.6 is 0 Å². The molecule has 11 nitrogen and oxygen atoms in total. The topological polar surface area (TPSA) is 202 Å². The number of primary amides is 1. The van der Waals surface area contributed by atoms with Gasteiger partial charge in [-0.2, -0.15) is 0 Å². The molecule has 0 heterocycles. The van der Waals surface area contributed by atoms with E-state index in [1.54, 1.807) is 13.8 Å². The monoisotopic (exact) mass is 374 g/mol. The molecule has 148 valence electrons. The zero-order valence-electron chi connectivity index (χ0n) is 14.7. The fourth-order valence-corrected chi connectivity index (χ4v) is 2.08. The molecule has 0 bridgehead atoms. The summed E-state index contributed by atoms with van der Waals surface area (Å²) in [6.07, 6.45) is -0.910. The standard InChI is InChI=1S/C15H26N4O7/c1-7(2)5-10(15(25)26)19-14(24)9(3-4-11(17)20)18-13(23)8(16)6-12(21)22/h7-10H,3-6,16H2,1-2H3,(H2,17,20)(H,18,23)(H,19,24)(H,21,22)(H,25,26). The third-order valence-electron chi connectivity index (χ3n) is 3.37. The number of aliphatic carboxylic acids is 2. The normalized spacial score (nSPS) is 14.2. The first kappa shape index (κ1) is 23.3. The summed E-state index contributed by atoms with van der Waals surface area (Å²) in [5.74, 6) is -5.01. The quantitative estimate of drug-likeness (QED) is 0.228. The fraction of sp³-hybridized carbons (Fsp3) is 0.667. The molecule has 8 N–H and O–H groups in total. The second-order valence-corrected chi connectivity index (χ2v) is 6.30. The fourth-order valence-electron chi connectivity index (χ4n) is 2.08. The van der Waals surface area contributed by atoms with Crippen molar-refractivity contribution in [2.45, 2.75) is 57.7 Å². The van der Waals surface area contributed by atoms with Crippen molar-refractivity contribution in [2.75, 3.05) is 0 Å². The van der Waals surface area contributed by atoms with Crippen molar-refractivity contribution in [1.82, 2.24) is 10.6 Å². The predicted octanol–water partition coefficient (Wildman–Crippen LogP) is -1.85. The van der Waals surface area contributed by atoms with Gasteiger partial charge in [-0.1, -0.05) is 13.8 Å². The maximum atomic E-state index is 12.3. The number of rotatable bonds is 12. The molecular weight excluding hydrogens is 348 g/mol. The molecule has 26 heavy (non-hydrogen) atoms. The molecule has 3 atom stereocenters. The first-order valence-electron chi connectivity index (χ1n) is 8.03. The minimum Gasteiger partial charge on any atom is -0.481 e. The van der Waals surface area contributed by atoms with Gasteiger partial charge in [0.25, 0.3) is 0 Å². The minimum absolute atomic E-state index is 0.0148. The average Bonchev–Trinajstić information content (AvgIpc) is 2.48. The van der Waals surface area contributed by atoms with Gasteiger partial charge in [-0.05, 0) is 18.8 Å². The number of nitrogens with one attached hydrogen (secondary N) is 2. The highest BCUT2D eigenvalue weighted by Gasteiger charge is 2.29. The molecular formula is C15H26N4O7. The number of nitrogens with two attached hydrogens (primary N) is 2. The van der Waals surface area contributed by atoms with Gasteiger partial charge in [-0.15, -0.1) is 0 Å². The molecule has 0 saturated carbocycles. The number of hydrogen-bond donors (Lipinski definition) is 6. The maximum Gasteiger partial charge on any atom is 0.326 e. The van der Waals surface area contributed by atoms with E-state index in [2.05, 4.69) is 10.6 Å². The molecule has 0 aliphatic rings. The predicted molar refractivity (Wildman–Crippen MR) is 89.6 cm³/mol. The van der Waals surface area contributed by atoms with Crippen LogP contribution in [0.25, 0.3) is 0 Å². The maximum absolute atomic E-state index is 12.3. The Morgan fingerprint density at radius 1 is 0.962 bits per heavy atom. The molecule has 11 heteroatoms. The lowest BCUT2D eigenvalue weighted by molar-refractivity contribution is -0.143. The van der Waals surface area contributed by atoms with E-state index in [-0.39, 0.29) is 25.2 Å². The van der Waals surface area contributed by atoms with Crippen molar-refractivity contribution in [3.63, 3.8) is 0 Å². The summed E-state index contributed by atoms with van der Waals surface area (Å²) in [4.78, 5) is 57.1. The smallest absolute Gasteiger partial charge is 0.326 e. The van der Waals surface area contributed by atoms with Gasteiger partial charge in [0.1, 0.15) is 12.1 Å². The molecule has 0 spiro atoms. The molecule has 0 rings (SSSR count). The van der Waals surface area contributed by atoms with Crippen LogP contribution in [-0.2, 0) is 24.0 Å². The molecule has 0 saturated heterocycles. The van der Waals surface area contributed by atoms with Crippen LogP contribution in [0.2, 0.25) is 0 Å². The Morgan fingerprint density at radius 3 is 1.92 bits per heavy atom. The highest BCUT2D eigenvalue weighted by Crippen LogP contribution is 2.07. The van der Waals surface area contributed by atoms with Crippen molar-refractivity contribution in [1.29, 1.82) is 0 Å². The molecule has 3 unspecified atom stereocenters. The zero-order valence-corrected chi connectivity index (χ0v) is 14.7. The molecule has 0 fully saturated rings. The zero-order chi connectivity index (χ0) is 20.4. The Balaban J connectivity index is 5.11. The Labute approximate surface area is 150 Å². The van der Waals surface area contributed by atoms with E-state index in [1.807, 2.05) is 0 Å². The van der Waals surface area contributed by atoms with E-state index in [9.17, 15) is 29.1 Å². The molecule has 0 aromatic rings. The van der Waals surface area contributed by atoms with Crippen LogP contribution in [0.15, 0.2) is 0 Å². The van der Waals surface area contributed by atoms with E-state index >= 15 is 0 Å². The van der Waals surface area contributed by atoms with Gasteiger partial charge in [0.15, 0.2) is 0 Å². The van der Waals surface area contributed by atoms with Gasteiger partial charge in [0.05, 0.1) is 12.5 Å². The number of carbonyl (C=O) groups excluding carboxylic acids is 3. The summed E-state index contributed by atoms with van der Waals surface area (Å²) in [6.45, 7) is 3.55. The van der Waals surface area contributed by atoms with E-state index in [1.165, 1.54) is 0 Å². The van der Waals surface area contributed by atoms with Crippen LogP contribution < -0.4 is 22.1 Å². The average molecular weight is 374 g/mol. The lowest BCUT2D eigenvalue weighted by Gasteiger charge is -2.23. The van der Waals surface area contributed by atoms with Gasteiger partial charge in [-0.3, -0.25) is 19.2 Å². The first-order chi connectivity index (χ1) is 11.9. The van der Waals surface area contributed by atoms with Gasteiger partial charge >= 0.3 is 11.9 Å². The molecule has 0 aliphatic heterocycles. The van der Waals surface area contributed by atoms with E-state index in [4.69, 9.17) is 16.6 Å². The highest BCUT2D eigenvalue weighted by atomic mass is 16.4. The van der Waals surface area contributed by atoms with Crippen LogP contribution in [0.5, 0.6) is 0 Å². The summed E-state index contributed by atoms with van der Waals surface area (Å²) in [6, 6.07) is -3.85. The van der Waals surface area contributed by atoms with Crippen molar-refractivity contribution in [3.05, 3.63) is 0 Å². The Kier molecular flexibility index (Phi) is 9.89. The molecule has 0 aromatic heterocycles. The summed E-state index contributed by atoms with van der Waals surface area (Å²) < 4.78 is 0. The number of amides is 3. The summed E-state index contributed by atoms with van der Waals surface area (Å²) >= 11 is 0. The van der Waals surface area contributed by atoms with Crippen LogP contribution in [0.3, 0.4) is 0 Å². The van der Waals surface area contributed by atoms with E-state index in [0.29, 0.717) is 0 Å². The Bertz CT molecular complexity index is 550. The second-order valence-electron chi connectivity index (χ2n) is 6.30. The van der Waals surface area contributed by atoms with Crippen LogP contribution in [0.4, 0.5) is 0 Å². The Hall–Kier alpha value is -2.69. The van der Waals surface area contributed by atoms with Gasteiger partial charge in [-0.25, -0.2) is 4.79 Å². The third-order valence-corrected chi connectivity index (χ3v) is 3.37. The van der Waals surface area contributed by atoms with Crippen molar-refractivity contribution >= 4 is 29.7 Å².